The van der Waals surface area contributed by atoms with E-state index in [1.807, 2.05) is 13.8 Å². The molecule has 1 aromatic carbocycles. The van der Waals surface area contributed by atoms with Gasteiger partial charge in [-0.05, 0) is 30.5 Å². The molecule has 5 nitrogen and oxygen atoms in total. The minimum absolute atomic E-state index is 0.105. The molecule has 0 aliphatic carbocycles. The predicted molar refractivity (Wildman–Crippen MR) is 77.2 cm³/mol. The van der Waals surface area contributed by atoms with Crippen molar-refractivity contribution in [2.75, 3.05) is 6.54 Å². The lowest BCUT2D eigenvalue weighted by molar-refractivity contribution is -0.142. The third-order valence-electron chi connectivity index (χ3n) is 2.81. The first kappa shape index (κ1) is 17.9. The fourth-order valence-electron chi connectivity index (χ4n) is 1.81. The van der Waals surface area contributed by atoms with Crippen LogP contribution >= 0.6 is 11.6 Å². The number of sulfonamides is 1. The van der Waals surface area contributed by atoms with Gasteiger partial charge in [0.25, 0.3) is 0 Å². The van der Waals surface area contributed by atoms with Gasteiger partial charge in [-0.1, -0.05) is 25.4 Å². The molecule has 0 bridgehead atoms. The molecule has 0 aliphatic rings. The largest absolute Gasteiger partial charge is 0.481 e. The van der Waals surface area contributed by atoms with Crippen molar-refractivity contribution in [3.63, 3.8) is 0 Å². The maximum atomic E-state index is 13.1. The van der Waals surface area contributed by atoms with E-state index in [-0.39, 0.29) is 17.5 Å². The van der Waals surface area contributed by atoms with Gasteiger partial charge in [-0.2, -0.15) is 0 Å². The van der Waals surface area contributed by atoms with Gasteiger partial charge in [0.2, 0.25) is 10.0 Å². The van der Waals surface area contributed by atoms with E-state index in [0.29, 0.717) is 6.42 Å². The molecule has 21 heavy (non-hydrogen) atoms. The molecule has 0 saturated carbocycles. The second-order valence-electron chi connectivity index (χ2n) is 5.09. The van der Waals surface area contributed by atoms with E-state index in [9.17, 15) is 17.6 Å². The molecule has 0 fully saturated rings. The molecule has 1 atom stereocenters. The lowest BCUT2D eigenvalue weighted by Crippen LogP contribution is -2.33. The summed E-state index contributed by atoms with van der Waals surface area (Å²) in [5.74, 6) is -2.58. The zero-order valence-electron chi connectivity index (χ0n) is 11.6. The van der Waals surface area contributed by atoms with Crippen LogP contribution in [-0.2, 0) is 14.8 Å². The molecular weight excluding hydrogens is 321 g/mol. The van der Waals surface area contributed by atoms with Gasteiger partial charge in [-0.25, -0.2) is 17.5 Å². The van der Waals surface area contributed by atoms with Crippen LogP contribution in [0, 0.1) is 17.7 Å². The zero-order valence-corrected chi connectivity index (χ0v) is 13.2. The molecular formula is C13H17ClFNO4S. The van der Waals surface area contributed by atoms with E-state index >= 15 is 0 Å². The maximum Gasteiger partial charge on any atom is 0.307 e. The van der Waals surface area contributed by atoms with Gasteiger partial charge in [0.15, 0.2) is 0 Å². The number of carbonyl (C=O) groups is 1. The quantitative estimate of drug-likeness (QED) is 0.800. The average Bonchev–Trinajstić information content (AvgIpc) is 2.36. The van der Waals surface area contributed by atoms with Gasteiger partial charge in [-0.3, -0.25) is 4.79 Å². The number of carboxylic acids is 1. The third kappa shape index (κ3) is 5.26. The van der Waals surface area contributed by atoms with E-state index in [1.54, 1.807) is 0 Å². The molecule has 1 rings (SSSR count). The number of hydrogen-bond donors (Lipinski definition) is 2. The number of rotatable bonds is 7. The normalized spacial score (nSPS) is 13.4. The van der Waals surface area contributed by atoms with Crippen molar-refractivity contribution >= 4 is 27.6 Å². The summed E-state index contributed by atoms with van der Waals surface area (Å²) in [6.45, 7) is 3.41. The van der Waals surface area contributed by atoms with Crippen LogP contribution in [0.1, 0.15) is 20.3 Å². The molecule has 0 radical (unpaired) electrons. The highest BCUT2D eigenvalue weighted by atomic mass is 35.5. The third-order valence-corrected chi connectivity index (χ3v) is 4.71. The Balaban J connectivity index is 2.89. The lowest BCUT2D eigenvalue weighted by atomic mass is 9.98. The number of nitrogens with one attached hydrogen (secondary N) is 1. The van der Waals surface area contributed by atoms with Crippen molar-refractivity contribution in [3.8, 4) is 0 Å². The van der Waals surface area contributed by atoms with Gasteiger partial charge in [0.05, 0.1) is 10.9 Å². The van der Waals surface area contributed by atoms with Crippen molar-refractivity contribution in [1.29, 1.82) is 0 Å². The number of halogens is 2. The zero-order chi connectivity index (χ0) is 16.2. The molecule has 1 aromatic rings. The summed E-state index contributed by atoms with van der Waals surface area (Å²) in [6, 6.07) is 2.97. The molecule has 118 valence electrons. The Morgan fingerprint density at radius 3 is 2.57 bits per heavy atom. The van der Waals surface area contributed by atoms with E-state index < -0.39 is 32.6 Å². The smallest absolute Gasteiger partial charge is 0.307 e. The van der Waals surface area contributed by atoms with E-state index in [0.717, 1.165) is 18.2 Å². The molecule has 0 aliphatic heterocycles. The summed E-state index contributed by atoms with van der Waals surface area (Å²) >= 11 is 5.74. The summed E-state index contributed by atoms with van der Waals surface area (Å²) in [7, 11) is -4.06. The van der Waals surface area contributed by atoms with Crippen molar-refractivity contribution in [3.05, 3.63) is 29.0 Å². The molecule has 1 unspecified atom stereocenters. The van der Waals surface area contributed by atoms with Crippen LogP contribution < -0.4 is 4.72 Å². The fraction of sp³-hybridized carbons (Fsp3) is 0.462. The maximum absolute atomic E-state index is 13.1. The van der Waals surface area contributed by atoms with Crippen LogP contribution in [-0.4, -0.2) is 26.0 Å². The summed E-state index contributed by atoms with van der Waals surface area (Å²) in [6.07, 6.45) is 0.328. The second-order valence-corrected chi connectivity index (χ2v) is 7.23. The first-order valence-corrected chi connectivity index (χ1v) is 8.17. The summed E-state index contributed by atoms with van der Waals surface area (Å²) in [5, 5.41) is 8.94. The monoisotopic (exact) mass is 337 g/mol. The van der Waals surface area contributed by atoms with Crippen LogP contribution in [0.5, 0.6) is 0 Å². The number of carboxylic acid groups (broad SMARTS) is 1. The van der Waals surface area contributed by atoms with E-state index in [2.05, 4.69) is 4.72 Å². The Hall–Kier alpha value is -1.18. The molecule has 0 spiro atoms. The fourth-order valence-corrected chi connectivity index (χ4v) is 3.40. The second kappa shape index (κ2) is 7.20. The molecule has 0 saturated heterocycles. The van der Waals surface area contributed by atoms with Crippen LogP contribution in [0.25, 0.3) is 0 Å². The van der Waals surface area contributed by atoms with Crippen LogP contribution in [0.4, 0.5) is 4.39 Å². The number of hydrogen-bond acceptors (Lipinski definition) is 3. The lowest BCUT2D eigenvalue weighted by Gasteiger charge is -2.16. The Bertz CT molecular complexity index is 619. The minimum Gasteiger partial charge on any atom is -0.481 e. The Morgan fingerprint density at radius 2 is 2.05 bits per heavy atom. The SMILES string of the molecule is CC(C)CC(CNS(=O)(=O)c1cc(F)ccc1Cl)C(=O)O. The highest BCUT2D eigenvalue weighted by molar-refractivity contribution is 7.89. The molecule has 0 aromatic heterocycles. The van der Waals surface area contributed by atoms with Gasteiger partial charge < -0.3 is 5.11 Å². The number of benzene rings is 1. The summed E-state index contributed by atoms with van der Waals surface area (Å²) < 4.78 is 39.4. The Kier molecular flexibility index (Phi) is 6.12. The average molecular weight is 338 g/mol. The predicted octanol–water partition coefficient (Wildman–Crippen LogP) is 2.50. The van der Waals surface area contributed by atoms with Crippen molar-refractivity contribution in [1.82, 2.24) is 4.72 Å². The van der Waals surface area contributed by atoms with Crippen molar-refractivity contribution in [2.45, 2.75) is 25.2 Å². The topological polar surface area (TPSA) is 83.5 Å². The van der Waals surface area contributed by atoms with Gasteiger partial charge in [0, 0.05) is 6.54 Å². The minimum atomic E-state index is -4.06. The number of aliphatic carboxylic acids is 1. The molecule has 8 heteroatoms. The van der Waals surface area contributed by atoms with E-state index in [1.165, 1.54) is 0 Å². The molecule has 2 N–H and O–H groups in total. The summed E-state index contributed by atoms with van der Waals surface area (Å²) in [5.41, 5.74) is 0. The standard InChI is InChI=1S/C13H17ClFNO4S/c1-8(2)5-9(13(17)18)7-16-21(19,20)12-6-10(15)3-4-11(12)14/h3-4,6,8-9,16H,5,7H2,1-2H3,(H,17,18). The van der Waals surface area contributed by atoms with Crippen LogP contribution in [0.3, 0.4) is 0 Å². The highest BCUT2D eigenvalue weighted by Crippen LogP contribution is 2.22. The highest BCUT2D eigenvalue weighted by Gasteiger charge is 2.24. The molecule has 0 heterocycles. The van der Waals surface area contributed by atoms with Crippen LogP contribution in [0.15, 0.2) is 23.1 Å². The van der Waals surface area contributed by atoms with Crippen molar-refractivity contribution < 1.29 is 22.7 Å². The van der Waals surface area contributed by atoms with Crippen molar-refractivity contribution in [2.24, 2.45) is 11.8 Å². The Labute approximate surface area is 128 Å². The first-order valence-electron chi connectivity index (χ1n) is 6.31. The van der Waals surface area contributed by atoms with Gasteiger partial charge in [-0.15, -0.1) is 0 Å². The van der Waals surface area contributed by atoms with Gasteiger partial charge >= 0.3 is 5.97 Å². The van der Waals surface area contributed by atoms with Gasteiger partial charge in [0.1, 0.15) is 10.7 Å². The van der Waals surface area contributed by atoms with Crippen LogP contribution in [0.2, 0.25) is 5.02 Å². The molecule has 0 amide bonds. The Morgan fingerprint density at radius 1 is 1.43 bits per heavy atom. The van der Waals surface area contributed by atoms with E-state index in [4.69, 9.17) is 16.7 Å². The summed E-state index contributed by atoms with van der Waals surface area (Å²) in [4.78, 5) is 10.7. The first-order chi connectivity index (χ1) is 9.63.